The molecule has 1 heterocycles. The van der Waals surface area contributed by atoms with Gasteiger partial charge in [-0.1, -0.05) is 78.3 Å². The summed E-state index contributed by atoms with van der Waals surface area (Å²) in [6.07, 6.45) is 2.17. The van der Waals surface area contributed by atoms with Gasteiger partial charge in [0.2, 0.25) is 0 Å². The van der Waals surface area contributed by atoms with Crippen LogP contribution in [0.3, 0.4) is 0 Å². The van der Waals surface area contributed by atoms with Crippen LogP contribution in [0.2, 0.25) is 5.02 Å². The molecule has 0 unspecified atom stereocenters. The topological polar surface area (TPSA) is 47.2 Å². The van der Waals surface area contributed by atoms with Gasteiger partial charge in [0.05, 0.1) is 17.3 Å². The Kier molecular flexibility index (Phi) is 4.81. The van der Waals surface area contributed by atoms with Crippen molar-refractivity contribution in [1.29, 1.82) is 0 Å². The molecular formula is C22H16ClN3O. The summed E-state index contributed by atoms with van der Waals surface area (Å²) in [7, 11) is 0. The van der Waals surface area contributed by atoms with E-state index in [9.17, 15) is 4.79 Å². The summed E-state index contributed by atoms with van der Waals surface area (Å²) in [4.78, 5) is 13.9. The van der Waals surface area contributed by atoms with Crippen molar-refractivity contribution in [3.8, 4) is 0 Å². The standard InChI is InChI=1S/C22H16ClN3O/c23-20-13-7-4-10-17(20)15-24-26-22(27)19-12-6-5-11-18(19)21(25-26)14-16-8-2-1-3-9-16/h1-13,15H,14H2. The van der Waals surface area contributed by atoms with Crippen molar-refractivity contribution in [3.63, 3.8) is 0 Å². The minimum absolute atomic E-state index is 0.259. The van der Waals surface area contributed by atoms with Crippen molar-refractivity contribution in [2.45, 2.75) is 6.42 Å². The number of nitrogens with zero attached hydrogens (tertiary/aromatic N) is 3. The summed E-state index contributed by atoms with van der Waals surface area (Å²) in [6.45, 7) is 0. The molecule has 0 amide bonds. The molecule has 4 nitrogen and oxygen atoms in total. The van der Waals surface area contributed by atoms with Crippen LogP contribution >= 0.6 is 11.6 Å². The molecule has 0 aliphatic carbocycles. The van der Waals surface area contributed by atoms with Crippen molar-refractivity contribution in [2.24, 2.45) is 5.10 Å². The average Bonchev–Trinajstić information content (AvgIpc) is 2.71. The second-order valence-corrected chi connectivity index (χ2v) is 6.52. The molecule has 0 aliphatic rings. The molecule has 5 heteroatoms. The lowest BCUT2D eigenvalue weighted by Crippen LogP contribution is -2.21. The summed E-state index contributed by atoms with van der Waals surface area (Å²) in [5, 5.41) is 10.8. The predicted molar refractivity (Wildman–Crippen MR) is 110 cm³/mol. The minimum Gasteiger partial charge on any atom is -0.265 e. The van der Waals surface area contributed by atoms with E-state index in [1.807, 2.05) is 66.7 Å². The molecule has 0 radical (unpaired) electrons. The first kappa shape index (κ1) is 17.2. The first-order chi connectivity index (χ1) is 13.2. The summed E-state index contributed by atoms with van der Waals surface area (Å²) < 4.78 is 0. The maximum absolute atomic E-state index is 12.8. The zero-order valence-electron chi connectivity index (χ0n) is 14.4. The zero-order chi connectivity index (χ0) is 18.6. The van der Waals surface area contributed by atoms with E-state index in [0.29, 0.717) is 16.8 Å². The lowest BCUT2D eigenvalue weighted by atomic mass is 10.0. The molecule has 0 saturated heterocycles. The third kappa shape index (κ3) is 3.66. The van der Waals surface area contributed by atoms with E-state index in [-0.39, 0.29) is 5.56 Å². The predicted octanol–water partition coefficient (Wildman–Crippen LogP) is 4.52. The van der Waals surface area contributed by atoms with Crippen LogP contribution < -0.4 is 5.56 Å². The molecular weight excluding hydrogens is 358 g/mol. The monoisotopic (exact) mass is 373 g/mol. The van der Waals surface area contributed by atoms with E-state index >= 15 is 0 Å². The van der Waals surface area contributed by atoms with Crippen LogP contribution in [0.15, 0.2) is 88.8 Å². The molecule has 0 N–H and O–H groups in total. The molecule has 0 spiro atoms. The van der Waals surface area contributed by atoms with Crippen molar-refractivity contribution < 1.29 is 0 Å². The Morgan fingerprint density at radius 1 is 0.889 bits per heavy atom. The van der Waals surface area contributed by atoms with Gasteiger partial charge in [-0.05, 0) is 17.7 Å². The molecule has 0 fully saturated rings. The smallest absolute Gasteiger partial charge is 0.265 e. The molecule has 4 aromatic rings. The van der Waals surface area contributed by atoms with E-state index in [1.54, 1.807) is 18.3 Å². The number of hydrogen-bond acceptors (Lipinski definition) is 3. The first-order valence-corrected chi connectivity index (χ1v) is 8.94. The van der Waals surface area contributed by atoms with Gasteiger partial charge in [0, 0.05) is 22.4 Å². The molecule has 4 rings (SSSR count). The van der Waals surface area contributed by atoms with Gasteiger partial charge in [-0.15, -0.1) is 4.79 Å². The van der Waals surface area contributed by atoms with Crippen LogP contribution in [-0.4, -0.2) is 16.1 Å². The van der Waals surface area contributed by atoms with Gasteiger partial charge in [0.15, 0.2) is 0 Å². The normalized spacial score (nSPS) is 11.3. The van der Waals surface area contributed by atoms with Crippen LogP contribution in [-0.2, 0) is 6.42 Å². The van der Waals surface area contributed by atoms with Gasteiger partial charge < -0.3 is 0 Å². The van der Waals surface area contributed by atoms with Gasteiger partial charge in [0.25, 0.3) is 5.56 Å². The Hall–Kier alpha value is -3.24. The minimum atomic E-state index is -0.259. The molecule has 3 aromatic carbocycles. The van der Waals surface area contributed by atoms with E-state index in [0.717, 1.165) is 27.0 Å². The largest absolute Gasteiger partial charge is 0.295 e. The third-order valence-electron chi connectivity index (χ3n) is 4.29. The summed E-state index contributed by atoms with van der Waals surface area (Å²) in [5.74, 6) is 0. The van der Waals surface area contributed by atoms with Crippen LogP contribution in [0.25, 0.3) is 10.8 Å². The Balaban J connectivity index is 1.82. The number of rotatable bonds is 4. The number of halogens is 1. The molecule has 132 valence electrons. The summed E-state index contributed by atoms with van der Waals surface area (Å²) >= 11 is 6.16. The number of aromatic nitrogens is 2. The zero-order valence-corrected chi connectivity index (χ0v) is 15.2. The Bertz CT molecular complexity index is 1180. The highest BCUT2D eigenvalue weighted by molar-refractivity contribution is 6.33. The van der Waals surface area contributed by atoms with E-state index in [2.05, 4.69) is 10.2 Å². The van der Waals surface area contributed by atoms with E-state index in [4.69, 9.17) is 11.6 Å². The Labute approximate surface area is 161 Å². The van der Waals surface area contributed by atoms with Crippen molar-refractivity contribution >= 4 is 28.6 Å². The molecule has 0 aliphatic heterocycles. The number of hydrogen-bond donors (Lipinski definition) is 0. The number of benzene rings is 3. The summed E-state index contributed by atoms with van der Waals surface area (Å²) in [5.41, 5.74) is 2.39. The van der Waals surface area contributed by atoms with Crippen LogP contribution in [0.5, 0.6) is 0 Å². The Morgan fingerprint density at radius 2 is 1.56 bits per heavy atom. The molecule has 1 aromatic heterocycles. The molecule has 0 bridgehead atoms. The fourth-order valence-electron chi connectivity index (χ4n) is 2.94. The van der Waals surface area contributed by atoms with E-state index < -0.39 is 0 Å². The lowest BCUT2D eigenvalue weighted by Gasteiger charge is -2.08. The van der Waals surface area contributed by atoms with Crippen LogP contribution in [0, 0.1) is 0 Å². The van der Waals surface area contributed by atoms with Crippen LogP contribution in [0.4, 0.5) is 0 Å². The number of fused-ring (bicyclic) bond motifs is 1. The summed E-state index contributed by atoms with van der Waals surface area (Å²) in [6, 6.07) is 24.8. The SMILES string of the molecule is O=c1c2ccccc2c(Cc2ccccc2)nn1N=Cc1ccccc1Cl. The van der Waals surface area contributed by atoms with Gasteiger partial charge >= 0.3 is 0 Å². The molecule has 0 atom stereocenters. The van der Waals surface area contributed by atoms with Crippen LogP contribution in [0.1, 0.15) is 16.8 Å². The van der Waals surface area contributed by atoms with Gasteiger partial charge in [0.1, 0.15) is 0 Å². The lowest BCUT2D eigenvalue weighted by molar-refractivity contribution is 0.679. The van der Waals surface area contributed by atoms with Gasteiger partial charge in [-0.25, -0.2) is 0 Å². The second-order valence-electron chi connectivity index (χ2n) is 6.12. The molecule has 0 saturated carbocycles. The quantitative estimate of drug-likeness (QED) is 0.494. The Morgan fingerprint density at radius 3 is 2.33 bits per heavy atom. The highest BCUT2D eigenvalue weighted by Crippen LogP contribution is 2.17. The highest BCUT2D eigenvalue weighted by atomic mass is 35.5. The van der Waals surface area contributed by atoms with E-state index in [1.165, 1.54) is 0 Å². The van der Waals surface area contributed by atoms with Gasteiger partial charge in [-0.3, -0.25) is 4.79 Å². The second kappa shape index (κ2) is 7.56. The van der Waals surface area contributed by atoms with Gasteiger partial charge in [-0.2, -0.15) is 10.2 Å². The molecule has 27 heavy (non-hydrogen) atoms. The van der Waals surface area contributed by atoms with Crippen molar-refractivity contribution in [1.82, 2.24) is 9.89 Å². The van der Waals surface area contributed by atoms with Crippen molar-refractivity contribution in [3.05, 3.63) is 111 Å². The fraction of sp³-hybridized carbons (Fsp3) is 0.0455. The third-order valence-corrected chi connectivity index (χ3v) is 4.64. The highest BCUT2D eigenvalue weighted by Gasteiger charge is 2.10. The fourth-order valence-corrected chi connectivity index (χ4v) is 3.12. The maximum Gasteiger partial charge on any atom is 0.295 e. The maximum atomic E-state index is 12.8. The van der Waals surface area contributed by atoms with Crippen molar-refractivity contribution in [2.75, 3.05) is 0 Å². The average molecular weight is 374 g/mol. The first-order valence-electron chi connectivity index (χ1n) is 8.56.